The lowest BCUT2D eigenvalue weighted by atomic mass is 9.96. The van der Waals surface area contributed by atoms with E-state index in [0.29, 0.717) is 12.5 Å². The molecule has 2 aromatic heterocycles. The molecule has 4 rings (SSSR count). The van der Waals surface area contributed by atoms with Crippen LogP contribution in [0.5, 0.6) is 0 Å². The molecular formula is C18H21F3N4O4. The smallest absolute Gasteiger partial charge is 0.475 e. The van der Waals surface area contributed by atoms with Crippen molar-refractivity contribution in [3.63, 3.8) is 0 Å². The van der Waals surface area contributed by atoms with E-state index in [1.807, 2.05) is 24.2 Å². The zero-order valence-electron chi connectivity index (χ0n) is 15.7. The molecule has 29 heavy (non-hydrogen) atoms. The van der Waals surface area contributed by atoms with Gasteiger partial charge < -0.3 is 14.4 Å². The minimum Gasteiger partial charge on any atom is -0.475 e. The fraction of sp³-hybridized carbons (Fsp3) is 0.500. The number of aryl methyl sites for hydroxylation is 1. The van der Waals surface area contributed by atoms with Gasteiger partial charge in [-0.15, -0.1) is 0 Å². The van der Waals surface area contributed by atoms with Crippen molar-refractivity contribution < 1.29 is 32.3 Å². The van der Waals surface area contributed by atoms with Crippen molar-refractivity contribution in [1.29, 1.82) is 0 Å². The summed E-state index contributed by atoms with van der Waals surface area (Å²) in [7, 11) is 1.88. The number of carbonyl (C=O) groups excluding carboxylic acids is 1. The van der Waals surface area contributed by atoms with Crippen molar-refractivity contribution in [1.82, 2.24) is 14.7 Å². The Morgan fingerprint density at radius 3 is 2.62 bits per heavy atom. The first-order valence-corrected chi connectivity index (χ1v) is 9.02. The predicted molar refractivity (Wildman–Crippen MR) is 94.9 cm³/mol. The van der Waals surface area contributed by atoms with Gasteiger partial charge in [-0.2, -0.15) is 18.3 Å². The third-order valence-electron chi connectivity index (χ3n) is 5.06. The van der Waals surface area contributed by atoms with Crippen molar-refractivity contribution in [2.45, 2.75) is 44.1 Å². The van der Waals surface area contributed by atoms with Gasteiger partial charge in [0.25, 0.3) is 0 Å². The topological polar surface area (TPSA) is 91.8 Å². The Hall–Kier alpha value is -2.82. The number of carboxylic acids is 1. The summed E-state index contributed by atoms with van der Waals surface area (Å²) in [6.45, 7) is 1.91. The van der Waals surface area contributed by atoms with Crippen molar-refractivity contribution in [2.75, 3.05) is 11.4 Å². The lowest BCUT2D eigenvalue weighted by Gasteiger charge is -2.39. The second kappa shape index (κ2) is 8.27. The number of halogens is 3. The summed E-state index contributed by atoms with van der Waals surface area (Å²) in [6.07, 6.45) is 4.73. The Morgan fingerprint density at radius 2 is 2.07 bits per heavy atom. The van der Waals surface area contributed by atoms with E-state index in [1.165, 1.54) is 5.56 Å². The third kappa shape index (κ3) is 4.78. The zero-order chi connectivity index (χ0) is 21.2. The number of furan rings is 1. The molecule has 0 radical (unpaired) electrons. The van der Waals surface area contributed by atoms with Crippen LogP contribution in [0.25, 0.3) is 0 Å². The van der Waals surface area contributed by atoms with E-state index in [9.17, 15) is 18.0 Å². The van der Waals surface area contributed by atoms with Gasteiger partial charge in [0, 0.05) is 44.4 Å². The monoisotopic (exact) mass is 414 g/mol. The summed E-state index contributed by atoms with van der Waals surface area (Å²) >= 11 is 0. The molecular weight excluding hydrogens is 393 g/mol. The minimum atomic E-state index is -5.08. The molecule has 2 atom stereocenters. The lowest BCUT2D eigenvalue weighted by molar-refractivity contribution is -0.192. The number of rotatable bonds is 3. The van der Waals surface area contributed by atoms with Gasteiger partial charge in [-0.1, -0.05) is 0 Å². The molecule has 0 bridgehead atoms. The maximum Gasteiger partial charge on any atom is 0.490 e. The number of alkyl halides is 3. The zero-order valence-corrected chi connectivity index (χ0v) is 15.7. The number of hydrogen-bond acceptors (Lipinski definition) is 5. The van der Waals surface area contributed by atoms with E-state index in [2.05, 4.69) is 10.00 Å². The molecule has 0 spiro atoms. The number of nitrogens with zero attached hydrogens (tertiary/aromatic N) is 4. The SMILES string of the molecule is Cn1cc(N2C(=O)CC[C@@H]3[C@H]2CCN3Cc2ccoc2)cn1.O=C(O)C(F)(F)F. The van der Waals surface area contributed by atoms with Crippen LogP contribution < -0.4 is 4.90 Å². The molecule has 2 aromatic rings. The van der Waals surface area contributed by atoms with Gasteiger partial charge in [0.05, 0.1) is 30.5 Å². The largest absolute Gasteiger partial charge is 0.490 e. The van der Waals surface area contributed by atoms with Crippen LogP contribution in [0.3, 0.4) is 0 Å². The molecule has 1 N–H and O–H groups in total. The molecule has 0 saturated carbocycles. The molecule has 158 valence electrons. The Morgan fingerprint density at radius 1 is 1.34 bits per heavy atom. The van der Waals surface area contributed by atoms with Crippen LogP contribution in [0.15, 0.2) is 35.4 Å². The molecule has 2 saturated heterocycles. The average Bonchev–Trinajstić information content (AvgIpc) is 3.37. The van der Waals surface area contributed by atoms with E-state index < -0.39 is 12.1 Å². The van der Waals surface area contributed by atoms with E-state index in [-0.39, 0.29) is 11.9 Å². The van der Waals surface area contributed by atoms with Crippen LogP contribution in [-0.4, -0.2) is 56.5 Å². The second-order valence-electron chi connectivity index (χ2n) is 7.00. The number of amides is 1. The van der Waals surface area contributed by atoms with Crippen LogP contribution >= 0.6 is 0 Å². The maximum atomic E-state index is 12.4. The number of fused-ring (bicyclic) bond motifs is 1. The predicted octanol–water partition coefficient (Wildman–Crippen LogP) is 2.42. The van der Waals surface area contributed by atoms with Crippen LogP contribution in [0.4, 0.5) is 18.9 Å². The van der Waals surface area contributed by atoms with Crippen molar-refractivity contribution in [3.05, 3.63) is 36.5 Å². The van der Waals surface area contributed by atoms with Gasteiger partial charge in [-0.05, 0) is 18.9 Å². The molecule has 1 amide bonds. The van der Waals surface area contributed by atoms with Crippen LogP contribution in [-0.2, 0) is 23.2 Å². The van der Waals surface area contributed by atoms with Crippen LogP contribution in [0.2, 0.25) is 0 Å². The number of aromatic nitrogens is 2. The average molecular weight is 414 g/mol. The summed E-state index contributed by atoms with van der Waals surface area (Å²) in [4.78, 5) is 25.8. The summed E-state index contributed by atoms with van der Waals surface area (Å²) in [6, 6.07) is 2.70. The number of aliphatic carboxylic acids is 1. The molecule has 8 nitrogen and oxygen atoms in total. The van der Waals surface area contributed by atoms with Gasteiger partial charge in [0.1, 0.15) is 0 Å². The second-order valence-corrected chi connectivity index (χ2v) is 7.00. The highest BCUT2D eigenvalue weighted by Crippen LogP contribution is 2.35. The van der Waals surface area contributed by atoms with Gasteiger partial charge >= 0.3 is 12.1 Å². The van der Waals surface area contributed by atoms with E-state index >= 15 is 0 Å². The van der Waals surface area contributed by atoms with Gasteiger partial charge in [0.15, 0.2) is 0 Å². The number of piperidine rings is 1. The first kappa shape index (κ1) is 20.9. The Balaban J connectivity index is 0.000000298. The number of carbonyl (C=O) groups is 2. The highest BCUT2D eigenvalue weighted by atomic mass is 19.4. The molecule has 2 fully saturated rings. The van der Waals surface area contributed by atoms with Gasteiger partial charge in [-0.3, -0.25) is 14.4 Å². The first-order valence-electron chi connectivity index (χ1n) is 9.02. The molecule has 0 aromatic carbocycles. The van der Waals surface area contributed by atoms with Crippen LogP contribution in [0, 0.1) is 0 Å². The number of likely N-dealkylation sites (tertiary alicyclic amines) is 1. The van der Waals surface area contributed by atoms with Crippen LogP contribution in [0.1, 0.15) is 24.8 Å². The van der Waals surface area contributed by atoms with Gasteiger partial charge in [-0.25, -0.2) is 4.79 Å². The van der Waals surface area contributed by atoms with Crippen molar-refractivity contribution in [3.8, 4) is 0 Å². The fourth-order valence-electron chi connectivity index (χ4n) is 3.83. The molecule has 11 heteroatoms. The summed E-state index contributed by atoms with van der Waals surface area (Å²) in [5.41, 5.74) is 2.12. The maximum absolute atomic E-state index is 12.4. The Bertz CT molecular complexity index is 850. The third-order valence-corrected chi connectivity index (χ3v) is 5.06. The Labute approximate surface area is 164 Å². The summed E-state index contributed by atoms with van der Waals surface area (Å²) < 4.78 is 38.7. The molecule has 2 aliphatic rings. The first-order chi connectivity index (χ1) is 13.7. The molecule has 0 aliphatic carbocycles. The van der Waals surface area contributed by atoms with E-state index in [0.717, 1.165) is 31.6 Å². The van der Waals surface area contributed by atoms with Crippen molar-refractivity contribution >= 4 is 17.6 Å². The van der Waals surface area contributed by atoms with Crippen molar-refractivity contribution in [2.24, 2.45) is 7.05 Å². The fourth-order valence-corrected chi connectivity index (χ4v) is 3.83. The normalized spacial score (nSPS) is 22.2. The number of anilines is 1. The van der Waals surface area contributed by atoms with E-state index in [4.69, 9.17) is 14.3 Å². The highest BCUT2D eigenvalue weighted by Gasteiger charge is 2.44. The summed E-state index contributed by atoms with van der Waals surface area (Å²) in [5, 5.41) is 11.3. The molecule has 0 unspecified atom stereocenters. The summed E-state index contributed by atoms with van der Waals surface area (Å²) in [5.74, 6) is -2.54. The number of hydrogen-bond donors (Lipinski definition) is 1. The standard InChI is InChI=1S/C16H20N4O2.C2HF3O2/c1-18-10-13(8-17-18)20-15-4-6-19(9-12-5-7-22-11-12)14(15)2-3-16(20)21;3-2(4,5)1(6)7/h5,7-8,10-11,14-15H,2-4,6,9H2,1H3;(H,6,7)/t14-,15-;/m1./s1. The quantitative estimate of drug-likeness (QED) is 0.830. The highest BCUT2D eigenvalue weighted by molar-refractivity contribution is 5.94. The number of carboxylic acid groups (broad SMARTS) is 1. The van der Waals surface area contributed by atoms with E-state index in [1.54, 1.807) is 23.4 Å². The Kier molecular flexibility index (Phi) is 5.96. The molecule has 4 heterocycles. The van der Waals surface area contributed by atoms with Gasteiger partial charge in [0.2, 0.25) is 5.91 Å². The lowest BCUT2D eigenvalue weighted by Crippen LogP contribution is -2.52. The molecule has 2 aliphatic heterocycles. The minimum absolute atomic E-state index is 0.222.